The number of likely N-dealkylation sites (tertiary alicyclic amines) is 1. The fourth-order valence-electron chi connectivity index (χ4n) is 3.97. The largest absolute Gasteiger partial charge is 0.380 e. The van der Waals surface area contributed by atoms with Crippen molar-refractivity contribution in [2.45, 2.75) is 19.3 Å². The highest BCUT2D eigenvalue weighted by atomic mass is 16.7. The Morgan fingerprint density at radius 1 is 1.20 bits per heavy atom. The van der Waals surface area contributed by atoms with Crippen molar-refractivity contribution in [1.82, 2.24) is 9.96 Å². The minimum absolute atomic E-state index is 0.0102. The van der Waals surface area contributed by atoms with Gasteiger partial charge in [0, 0.05) is 19.6 Å². The van der Waals surface area contributed by atoms with Crippen molar-refractivity contribution >= 4 is 5.91 Å². The van der Waals surface area contributed by atoms with E-state index in [0.717, 1.165) is 38.6 Å². The van der Waals surface area contributed by atoms with E-state index in [9.17, 15) is 4.79 Å². The van der Waals surface area contributed by atoms with Crippen molar-refractivity contribution in [1.29, 1.82) is 0 Å². The summed E-state index contributed by atoms with van der Waals surface area (Å²) in [4.78, 5) is 20.6. The van der Waals surface area contributed by atoms with E-state index in [2.05, 4.69) is 4.90 Å². The monoisotopic (exact) mass is 280 g/mol. The fourth-order valence-corrected chi connectivity index (χ4v) is 3.97. The van der Waals surface area contributed by atoms with Crippen LogP contribution >= 0.6 is 0 Å². The summed E-state index contributed by atoms with van der Waals surface area (Å²) >= 11 is 0. The predicted octanol–water partition coefficient (Wildman–Crippen LogP) is 0.755. The van der Waals surface area contributed by atoms with E-state index in [-0.39, 0.29) is 11.8 Å². The van der Waals surface area contributed by atoms with Gasteiger partial charge in [0.2, 0.25) is 0 Å². The predicted molar refractivity (Wildman–Crippen MR) is 72.7 cm³/mol. The van der Waals surface area contributed by atoms with Crippen LogP contribution in [-0.4, -0.2) is 61.9 Å². The van der Waals surface area contributed by atoms with Gasteiger partial charge in [0.1, 0.15) is 0 Å². The zero-order valence-corrected chi connectivity index (χ0v) is 12.0. The van der Waals surface area contributed by atoms with E-state index in [1.807, 2.05) is 0 Å². The van der Waals surface area contributed by atoms with Gasteiger partial charge in [0.25, 0.3) is 5.91 Å². The molecule has 0 radical (unpaired) electrons. The first-order valence-corrected chi connectivity index (χ1v) is 8.05. The quantitative estimate of drug-likeness (QED) is 0.765. The van der Waals surface area contributed by atoms with Gasteiger partial charge in [0.15, 0.2) is 0 Å². The summed E-state index contributed by atoms with van der Waals surface area (Å²) in [5.41, 5.74) is 0. The molecule has 0 aromatic rings. The average molecular weight is 280 g/mol. The molecular formula is C15H24N2O3. The molecule has 4 fully saturated rings. The van der Waals surface area contributed by atoms with Crippen LogP contribution in [0.5, 0.6) is 0 Å². The number of hydroxylamine groups is 2. The Labute approximate surface area is 120 Å². The van der Waals surface area contributed by atoms with Crippen molar-refractivity contribution in [3.05, 3.63) is 0 Å². The second-order valence-electron chi connectivity index (χ2n) is 6.86. The zero-order chi connectivity index (χ0) is 13.5. The number of rotatable bonds is 3. The molecule has 0 aromatic heterocycles. The van der Waals surface area contributed by atoms with Crippen LogP contribution in [0, 0.1) is 23.7 Å². The van der Waals surface area contributed by atoms with Gasteiger partial charge in [-0.25, -0.2) is 5.06 Å². The number of nitrogens with zero attached hydrogens (tertiary/aromatic N) is 2. The average Bonchev–Trinajstić information content (AvgIpc) is 2.95. The van der Waals surface area contributed by atoms with E-state index in [4.69, 9.17) is 9.57 Å². The Hall–Kier alpha value is -0.650. The third kappa shape index (κ3) is 2.47. The highest BCUT2D eigenvalue weighted by Crippen LogP contribution is 2.38. The lowest BCUT2D eigenvalue weighted by atomic mass is 9.82. The Balaban J connectivity index is 1.42. The molecule has 3 aliphatic heterocycles. The molecule has 1 aliphatic carbocycles. The number of amides is 1. The molecule has 0 unspecified atom stereocenters. The van der Waals surface area contributed by atoms with E-state index >= 15 is 0 Å². The van der Waals surface area contributed by atoms with Crippen LogP contribution in [0.1, 0.15) is 19.3 Å². The topological polar surface area (TPSA) is 42.0 Å². The summed E-state index contributed by atoms with van der Waals surface area (Å²) in [5.74, 6) is 2.10. The third-order valence-electron chi connectivity index (χ3n) is 5.24. The smallest absolute Gasteiger partial charge is 0.251 e. The summed E-state index contributed by atoms with van der Waals surface area (Å²) in [6.07, 6.45) is 3.75. The first-order valence-electron chi connectivity index (χ1n) is 8.05. The number of fused-ring (bicyclic) bond motifs is 1. The van der Waals surface area contributed by atoms with Crippen LogP contribution in [0.15, 0.2) is 0 Å². The van der Waals surface area contributed by atoms with E-state index in [1.54, 1.807) is 5.06 Å². The molecule has 0 N–H and O–H groups in total. The summed E-state index contributed by atoms with van der Waals surface area (Å²) in [6, 6.07) is 0. The summed E-state index contributed by atoms with van der Waals surface area (Å²) < 4.78 is 5.72. The third-order valence-corrected chi connectivity index (χ3v) is 5.24. The molecule has 0 aromatic carbocycles. The standard InChI is InChI=1S/C15H24N2O3/c18-15(17-4-1-5-20-17)14-10-19-9-12-7-16(8-13(12)14)6-11-2-3-11/h11-14H,1-10H2/t12-,13-,14+/m0/s1. The number of carbonyl (C=O) groups is 1. The Kier molecular flexibility index (Phi) is 3.44. The van der Waals surface area contributed by atoms with Gasteiger partial charge in [-0.05, 0) is 37.0 Å². The Morgan fingerprint density at radius 3 is 2.85 bits per heavy atom. The maximum absolute atomic E-state index is 12.6. The van der Waals surface area contributed by atoms with Crippen molar-refractivity contribution in [3.63, 3.8) is 0 Å². The van der Waals surface area contributed by atoms with Gasteiger partial charge in [-0.3, -0.25) is 9.63 Å². The molecule has 0 bridgehead atoms. The summed E-state index contributed by atoms with van der Waals surface area (Å²) in [6.45, 7) is 6.27. The maximum Gasteiger partial charge on any atom is 0.251 e. The second kappa shape index (κ2) is 5.28. The molecule has 5 nitrogen and oxygen atoms in total. The molecule has 4 aliphatic rings. The normalized spacial score (nSPS) is 38.2. The molecule has 112 valence electrons. The van der Waals surface area contributed by atoms with Crippen molar-refractivity contribution in [3.8, 4) is 0 Å². The molecule has 20 heavy (non-hydrogen) atoms. The van der Waals surface area contributed by atoms with Crippen LogP contribution in [0.3, 0.4) is 0 Å². The Morgan fingerprint density at radius 2 is 2.10 bits per heavy atom. The van der Waals surface area contributed by atoms with Gasteiger partial charge in [0.05, 0.1) is 32.3 Å². The molecule has 5 heteroatoms. The highest BCUT2D eigenvalue weighted by Gasteiger charge is 2.46. The van der Waals surface area contributed by atoms with E-state index in [1.165, 1.54) is 19.4 Å². The summed E-state index contributed by atoms with van der Waals surface area (Å²) in [5, 5.41) is 1.58. The fraction of sp³-hybridized carbons (Fsp3) is 0.933. The van der Waals surface area contributed by atoms with Crippen LogP contribution in [0.25, 0.3) is 0 Å². The first kappa shape index (κ1) is 13.0. The minimum atomic E-state index is 0.0102. The van der Waals surface area contributed by atoms with Gasteiger partial charge >= 0.3 is 0 Å². The van der Waals surface area contributed by atoms with Gasteiger partial charge < -0.3 is 9.64 Å². The lowest BCUT2D eigenvalue weighted by Crippen LogP contribution is -2.45. The van der Waals surface area contributed by atoms with E-state index in [0.29, 0.717) is 25.0 Å². The molecule has 1 saturated carbocycles. The molecule has 3 saturated heterocycles. The van der Waals surface area contributed by atoms with Crippen LogP contribution < -0.4 is 0 Å². The van der Waals surface area contributed by atoms with Crippen molar-refractivity contribution < 1.29 is 14.4 Å². The molecular weight excluding hydrogens is 256 g/mol. The SMILES string of the molecule is O=C([C@@H]1COC[C@@H]2CN(CC3CC3)C[C@@H]21)N1CCCO1. The van der Waals surface area contributed by atoms with Crippen LogP contribution in [-0.2, 0) is 14.4 Å². The van der Waals surface area contributed by atoms with Crippen molar-refractivity contribution in [2.24, 2.45) is 23.7 Å². The maximum atomic E-state index is 12.6. The second-order valence-corrected chi connectivity index (χ2v) is 6.86. The first-order chi connectivity index (χ1) is 9.81. The molecule has 1 amide bonds. The molecule has 0 spiro atoms. The van der Waals surface area contributed by atoms with E-state index < -0.39 is 0 Å². The highest BCUT2D eigenvalue weighted by molar-refractivity contribution is 5.78. The Bertz CT molecular complexity index is 379. The van der Waals surface area contributed by atoms with Crippen molar-refractivity contribution in [2.75, 3.05) is 46.0 Å². The van der Waals surface area contributed by atoms with Gasteiger partial charge in [-0.2, -0.15) is 0 Å². The number of ether oxygens (including phenoxy) is 1. The van der Waals surface area contributed by atoms with Crippen LogP contribution in [0.2, 0.25) is 0 Å². The lowest BCUT2D eigenvalue weighted by molar-refractivity contribution is -0.181. The zero-order valence-electron chi connectivity index (χ0n) is 12.0. The number of hydrogen-bond acceptors (Lipinski definition) is 4. The van der Waals surface area contributed by atoms with Gasteiger partial charge in [-0.15, -0.1) is 0 Å². The van der Waals surface area contributed by atoms with Gasteiger partial charge in [-0.1, -0.05) is 0 Å². The molecule has 4 rings (SSSR count). The molecule has 3 heterocycles. The number of hydrogen-bond donors (Lipinski definition) is 0. The minimum Gasteiger partial charge on any atom is -0.380 e. The lowest BCUT2D eigenvalue weighted by Gasteiger charge is -2.33. The molecule has 3 atom stereocenters. The summed E-state index contributed by atoms with van der Waals surface area (Å²) in [7, 11) is 0. The number of carbonyl (C=O) groups excluding carboxylic acids is 1. The van der Waals surface area contributed by atoms with Crippen LogP contribution in [0.4, 0.5) is 0 Å².